The molecule has 2 aromatic carbocycles. The predicted octanol–water partition coefficient (Wildman–Crippen LogP) is 3.04. The van der Waals surface area contributed by atoms with Crippen molar-refractivity contribution in [3.8, 4) is 0 Å². The lowest BCUT2D eigenvalue weighted by atomic mass is 10.1. The maximum atomic E-state index is 13.2. The van der Waals surface area contributed by atoms with Gasteiger partial charge < -0.3 is 15.5 Å². The van der Waals surface area contributed by atoms with E-state index in [2.05, 4.69) is 61.0 Å². The molecule has 2 aliphatic rings. The van der Waals surface area contributed by atoms with E-state index in [1.807, 2.05) is 25.2 Å². The Balaban J connectivity index is 1.21. The van der Waals surface area contributed by atoms with Gasteiger partial charge in [-0.1, -0.05) is 18.6 Å². The van der Waals surface area contributed by atoms with E-state index in [9.17, 15) is 13.8 Å². The van der Waals surface area contributed by atoms with Crippen molar-refractivity contribution in [3.05, 3.63) is 48.0 Å². The van der Waals surface area contributed by atoms with E-state index in [-0.39, 0.29) is 18.4 Å². The van der Waals surface area contributed by atoms with Gasteiger partial charge >= 0.3 is 0 Å². The number of aryl methyl sites for hydroxylation is 1. The highest BCUT2D eigenvalue weighted by molar-refractivity contribution is 7.82. The number of nitrogens with zero attached hydrogens (tertiary/aromatic N) is 5. The standard InChI is InChI=1S/C29H39N7O3S/c1-22(23-7-6-8-25(19-23)40(39)36-13-4-3-5-14-36)34-15-17-35(18-16-34)24-9-10-26-27(20-24)33(2)32-29(26)31-28(38)11-12-30-21-37/h6-10,19-22H,3-5,11-18H2,1-2H3,(H,30,37)(H,31,32,38). The third-order valence-corrected chi connectivity index (χ3v) is 9.48. The Labute approximate surface area is 238 Å². The monoisotopic (exact) mass is 565 g/mol. The Hall–Kier alpha value is -3.28. The van der Waals surface area contributed by atoms with Crippen molar-refractivity contribution in [2.75, 3.05) is 56.0 Å². The number of hydrogen-bond acceptors (Lipinski definition) is 6. The molecule has 2 unspecified atom stereocenters. The molecule has 2 fully saturated rings. The molecule has 2 aliphatic heterocycles. The first kappa shape index (κ1) is 28.3. The summed E-state index contributed by atoms with van der Waals surface area (Å²) in [5, 5.41) is 10.7. The summed E-state index contributed by atoms with van der Waals surface area (Å²) in [6.07, 6.45) is 4.26. The molecule has 5 rings (SSSR count). The third kappa shape index (κ3) is 6.37. The summed E-state index contributed by atoms with van der Waals surface area (Å²) in [5.74, 6) is 0.342. The molecule has 1 aromatic heterocycles. The van der Waals surface area contributed by atoms with Crippen LogP contribution in [0, 0.1) is 0 Å². The van der Waals surface area contributed by atoms with Crippen molar-refractivity contribution >= 4 is 45.7 Å². The van der Waals surface area contributed by atoms with E-state index in [1.165, 1.54) is 12.0 Å². The molecule has 2 saturated heterocycles. The highest BCUT2D eigenvalue weighted by Gasteiger charge is 2.24. The zero-order valence-corrected chi connectivity index (χ0v) is 24.2. The Bertz CT molecular complexity index is 1360. The van der Waals surface area contributed by atoms with Gasteiger partial charge in [0.2, 0.25) is 12.3 Å². The summed E-state index contributed by atoms with van der Waals surface area (Å²) in [6.45, 7) is 8.02. The van der Waals surface area contributed by atoms with E-state index >= 15 is 0 Å². The molecule has 214 valence electrons. The number of fused-ring (bicyclic) bond motifs is 1. The van der Waals surface area contributed by atoms with E-state index in [0.717, 1.165) is 73.6 Å². The molecule has 0 radical (unpaired) electrons. The molecule has 0 saturated carbocycles. The summed E-state index contributed by atoms with van der Waals surface area (Å²) >= 11 is 0. The van der Waals surface area contributed by atoms with Crippen LogP contribution in [0.4, 0.5) is 11.5 Å². The van der Waals surface area contributed by atoms with E-state index in [4.69, 9.17) is 0 Å². The van der Waals surface area contributed by atoms with E-state index < -0.39 is 11.0 Å². The third-order valence-electron chi connectivity index (χ3n) is 7.99. The van der Waals surface area contributed by atoms with Gasteiger partial charge in [0.15, 0.2) is 5.82 Å². The average molecular weight is 566 g/mol. The van der Waals surface area contributed by atoms with Gasteiger partial charge in [0.1, 0.15) is 11.0 Å². The van der Waals surface area contributed by atoms with Crippen molar-refractivity contribution in [2.24, 2.45) is 7.05 Å². The summed E-state index contributed by atoms with van der Waals surface area (Å²) in [4.78, 5) is 28.4. The maximum absolute atomic E-state index is 13.2. The van der Waals surface area contributed by atoms with Crippen LogP contribution in [0.25, 0.3) is 10.9 Å². The van der Waals surface area contributed by atoms with Crippen LogP contribution in [0.3, 0.4) is 0 Å². The smallest absolute Gasteiger partial charge is 0.227 e. The summed E-state index contributed by atoms with van der Waals surface area (Å²) in [7, 11) is 0.788. The molecule has 2 amide bonds. The first-order valence-electron chi connectivity index (χ1n) is 14.1. The number of hydrogen-bond donors (Lipinski definition) is 2. The second-order valence-corrected chi connectivity index (χ2v) is 12.0. The first-order valence-corrected chi connectivity index (χ1v) is 15.2. The van der Waals surface area contributed by atoms with Crippen LogP contribution in [0.2, 0.25) is 0 Å². The number of rotatable bonds is 10. The normalized spacial score (nSPS) is 18.4. The molecule has 11 heteroatoms. The number of carbonyl (C=O) groups excluding carboxylic acids is 2. The number of aromatic nitrogens is 2. The van der Waals surface area contributed by atoms with Crippen molar-refractivity contribution in [1.82, 2.24) is 24.3 Å². The van der Waals surface area contributed by atoms with Gasteiger partial charge in [-0.3, -0.25) is 19.2 Å². The van der Waals surface area contributed by atoms with Crippen LogP contribution in [0.5, 0.6) is 0 Å². The van der Waals surface area contributed by atoms with Crippen LogP contribution in [0.1, 0.15) is 44.2 Å². The van der Waals surface area contributed by atoms with Crippen LogP contribution >= 0.6 is 0 Å². The van der Waals surface area contributed by atoms with Crippen LogP contribution in [-0.2, 0) is 27.6 Å². The zero-order chi connectivity index (χ0) is 28.1. The Kier molecular flexibility index (Phi) is 9.13. The SMILES string of the molecule is CC(c1cccc(S(=O)N2CCCCC2)c1)N1CCN(c2ccc3c(NC(=O)CCNC=O)nn(C)c3c2)CC1. The fraction of sp³-hybridized carbons (Fsp3) is 0.483. The molecular weight excluding hydrogens is 526 g/mol. The van der Waals surface area contributed by atoms with Gasteiger partial charge in [0.05, 0.1) is 10.4 Å². The average Bonchev–Trinajstić information content (AvgIpc) is 3.31. The molecule has 0 spiro atoms. The number of amides is 2. The quantitative estimate of drug-likeness (QED) is 0.289. The highest BCUT2D eigenvalue weighted by atomic mass is 32.2. The van der Waals surface area contributed by atoms with Gasteiger partial charge in [-0.05, 0) is 55.7 Å². The first-order chi connectivity index (χ1) is 19.4. The molecule has 10 nitrogen and oxygen atoms in total. The van der Waals surface area contributed by atoms with Crippen molar-refractivity contribution in [1.29, 1.82) is 0 Å². The van der Waals surface area contributed by atoms with Crippen molar-refractivity contribution < 1.29 is 13.8 Å². The minimum Gasteiger partial charge on any atom is -0.369 e. The molecule has 3 aromatic rings. The molecule has 2 N–H and O–H groups in total. The number of benzene rings is 2. The molecule has 3 heterocycles. The van der Waals surface area contributed by atoms with Crippen molar-refractivity contribution in [2.45, 2.75) is 43.5 Å². The molecule has 0 aliphatic carbocycles. The van der Waals surface area contributed by atoms with Crippen LogP contribution in [0.15, 0.2) is 47.4 Å². The Morgan fingerprint density at radius 2 is 1.82 bits per heavy atom. The van der Waals surface area contributed by atoms with Gasteiger partial charge in [0.25, 0.3) is 0 Å². The van der Waals surface area contributed by atoms with Crippen LogP contribution < -0.4 is 15.5 Å². The lowest BCUT2D eigenvalue weighted by Crippen LogP contribution is -2.47. The number of nitrogens with one attached hydrogen (secondary N) is 2. The van der Waals surface area contributed by atoms with Gasteiger partial charge in [-0.2, -0.15) is 5.10 Å². The fourth-order valence-electron chi connectivity index (χ4n) is 5.62. The Morgan fingerprint density at radius 3 is 2.58 bits per heavy atom. The van der Waals surface area contributed by atoms with Gasteiger partial charge in [0, 0.05) is 76.4 Å². The second-order valence-electron chi connectivity index (χ2n) is 10.6. The molecular formula is C29H39N7O3S. The van der Waals surface area contributed by atoms with Crippen LogP contribution in [-0.4, -0.2) is 81.3 Å². The molecule has 2 atom stereocenters. The molecule has 40 heavy (non-hydrogen) atoms. The predicted molar refractivity (Wildman–Crippen MR) is 159 cm³/mol. The topological polar surface area (TPSA) is 103 Å². The largest absolute Gasteiger partial charge is 0.369 e. The number of carbonyl (C=O) groups is 2. The fourth-order valence-corrected chi connectivity index (χ4v) is 6.93. The van der Waals surface area contributed by atoms with E-state index in [0.29, 0.717) is 18.8 Å². The summed E-state index contributed by atoms with van der Waals surface area (Å²) < 4.78 is 17.0. The lowest BCUT2D eigenvalue weighted by Gasteiger charge is -2.39. The Morgan fingerprint density at radius 1 is 1.05 bits per heavy atom. The second kappa shape index (κ2) is 12.9. The number of piperidine rings is 1. The van der Waals surface area contributed by atoms with Crippen molar-refractivity contribution in [3.63, 3.8) is 0 Å². The maximum Gasteiger partial charge on any atom is 0.227 e. The highest BCUT2D eigenvalue weighted by Crippen LogP contribution is 2.30. The minimum atomic E-state index is -1.09. The minimum absolute atomic E-state index is 0.188. The van der Waals surface area contributed by atoms with E-state index in [1.54, 1.807) is 4.68 Å². The molecule has 0 bridgehead atoms. The summed E-state index contributed by atoms with van der Waals surface area (Å²) in [5.41, 5.74) is 3.30. The van der Waals surface area contributed by atoms with Gasteiger partial charge in [-0.25, -0.2) is 8.51 Å². The number of piperazine rings is 1. The number of anilines is 2. The summed E-state index contributed by atoms with van der Waals surface area (Å²) in [6, 6.07) is 14.8. The lowest BCUT2D eigenvalue weighted by molar-refractivity contribution is -0.116. The van der Waals surface area contributed by atoms with Gasteiger partial charge in [-0.15, -0.1) is 0 Å². The zero-order valence-electron chi connectivity index (χ0n) is 23.3.